The van der Waals surface area contributed by atoms with Gasteiger partial charge < -0.3 is 9.84 Å². The van der Waals surface area contributed by atoms with Gasteiger partial charge in [0.15, 0.2) is 0 Å². The molecule has 0 rings (SSSR count). The molecule has 108 valence electrons. The highest BCUT2D eigenvalue weighted by atomic mass is 32.2. The molecule has 0 spiro atoms. The smallest absolute Gasteiger partial charge is 0.411 e. The van der Waals surface area contributed by atoms with Gasteiger partial charge >= 0.3 is 12.1 Å². The predicted molar refractivity (Wildman–Crippen MR) is 55.5 cm³/mol. The number of rotatable bonds is 9. The fourth-order valence-electron chi connectivity index (χ4n) is 0.943. The van der Waals surface area contributed by atoms with Crippen LogP contribution in [0.1, 0.15) is 12.8 Å². The minimum Gasteiger partial charge on any atom is -0.481 e. The average Bonchev–Trinajstić information content (AvgIpc) is 2.13. The van der Waals surface area contributed by atoms with E-state index in [2.05, 4.69) is 4.74 Å². The molecule has 0 aliphatic rings. The summed E-state index contributed by atoms with van der Waals surface area (Å²) < 4.78 is 63.5. The van der Waals surface area contributed by atoms with E-state index >= 15 is 0 Å². The summed E-state index contributed by atoms with van der Waals surface area (Å²) >= 11 is 0. The zero-order valence-electron chi connectivity index (χ0n) is 9.36. The summed E-state index contributed by atoms with van der Waals surface area (Å²) in [5.41, 5.74) is 0. The maximum Gasteiger partial charge on any atom is 0.411 e. The molecule has 0 bridgehead atoms. The van der Waals surface area contributed by atoms with Crippen molar-refractivity contribution in [2.24, 2.45) is 0 Å². The number of carboxylic acids is 1. The first-order valence-electron chi connectivity index (χ1n) is 4.96. The summed E-state index contributed by atoms with van der Waals surface area (Å²) in [7, 11) is -3.67. The third kappa shape index (κ3) is 11.6. The molecule has 0 aliphatic carbocycles. The Kier molecular flexibility index (Phi) is 7.18. The SMILES string of the molecule is O=C(O)CCCS(=O)(=O)NCCOCC(F)(F)F. The number of carboxylic acid groups (broad SMARTS) is 1. The molecule has 0 aromatic heterocycles. The molecule has 0 aliphatic heterocycles. The van der Waals surface area contributed by atoms with E-state index in [1.807, 2.05) is 4.72 Å². The third-order valence-corrected chi connectivity index (χ3v) is 3.11. The van der Waals surface area contributed by atoms with Crippen LogP contribution in [0.2, 0.25) is 0 Å². The minimum atomic E-state index is -4.44. The lowest BCUT2D eigenvalue weighted by atomic mass is 10.3. The van der Waals surface area contributed by atoms with Gasteiger partial charge in [-0.05, 0) is 6.42 Å². The molecule has 0 unspecified atom stereocenters. The highest BCUT2D eigenvalue weighted by Gasteiger charge is 2.27. The van der Waals surface area contributed by atoms with Crippen LogP contribution in [-0.2, 0) is 19.6 Å². The summed E-state index contributed by atoms with van der Waals surface area (Å²) in [5, 5.41) is 8.29. The second-order valence-corrected chi connectivity index (χ2v) is 5.30. The molecule has 0 radical (unpaired) electrons. The normalized spacial score (nSPS) is 12.6. The standard InChI is InChI=1S/C8H14F3NO5S/c9-8(10,11)6-17-4-3-12-18(15,16)5-1-2-7(13)14/h12H,1-6H2,(H,13,14). The topological polar surface area (TPSA) is 92.7 Å². The Bertz CT molecular complexity index is 354. The van der Waals surface area contributed by atoms with Gasteiger partial charge in [0.05, 0.1) is 12.4 Å². The highest BCUT2D eigenvalue weighted by molar-refractivity contribution is 7.89. The van der Waals surface area contributed by atoms with Crippen molar-refractivity contribution >= 4 is 16.0 Å². The number of nitrogens with one attached hydrogen (secondary N) is 1. The van der Waals surface area contributed by atoms with Crippen LogP contribution < -0.4 is 4.72 Å². The van der Waals surface area contributed by atoms with Gasteiger partial charge in [-0.2, -0.15) is 13.2 Å². The van der Waals surface area contributed by atoms with Crippen molar-refractivity contribution in [3.63, 3.8) is 0 Å². The largest absolute Gasteiger partial charge is 0.481 e. The number of sulfonamides is 1. The zero-order valence-corrected chi connectivity index (χ0v) is 10.2. The van der Waals surface area contributed by atoms with Gasteiger partial charge in [-0.1, -0.05) is 0 Å². The Hall–Kier alpha value is -0.870. The Morgan fingerprint density at radius 3 is 2.44 bits per heavy atom. The third-order valence-electron chi connectivity index (χ3n) is 1.64. The molecule has 18 heavy (non-hydrogen) atoms. The van der Waals surface area contributed by atoms with Crippen LogP contribution in [0.5, 0.6) is 0 Å². The minimum absolute atomic E-state index is 0.0614. The second-order valence-electron chi connectivity index (χ2n) is 3.38. The van der Waals surface area contributed by atoms with Crippen molar-refractivity contribution in [2.75, 3.05) is 25.5 Å². The Morgan fingerprint density at radius 2 is 1.94 bits per heavy atom. The average molecular weight is 293 g/mol. The summed E-state index contributed by atoms with van der Waals surface area (Å²) in [5.74, 6) is -1.50. The van der Waals surface area contributed by atoms with Crippen LogP contribution in [0.3, 0.4) is 0 Å². The lowest BCUT2D eigenvalue weighted by Gasteiger charge is -2.08. The van der Waals surface area contributed by atoms with Crippen molar-refractivity contribution in [2.45, 2.75) is 19.0 Å². The van der Waals surface area contributed by atoms with Gasteiger partial charge in [0.2, 0.25) is 10.0 Å². The van der Waals surface area contributed by atoms with Gasteiger partial charge in [-0.15, -0.1) is 0 Å². The van der Waals surface area contributed by atoms with Crippen molar-refractivity contribution in [1.82, 2.24) is 4.72 Å². The monoisotopic (exact) mass is 293 g/mol. The molecule has 10 heteroatoms. The lowest BCUT2D eigenvalue weighted by molar-refractivity contribution is -0.173. The molecule has 0 fully saturated rings. The first kappa shape index (κ1) is 17.1. The number of ether oxygens (including phenoxy) is 1. The molecule has 0 saturated carbocycles. The van der Waals surface area contributed by atoms with Crippen LogP contribution in [0.4, 0.5) is 13.2 Å². The Balaban J connectivity index is 3.68. The molecule has 0 atom stereocenters. The number of hydrogen-bond donors (Lipinski definition) is 2. The molecular weight excluding hydrogens is 279 g/mol. The van der Waals surface area contributed by atoms with Crippen molar-refractivity contribution in [3.8, 4) is 0 Å². The van der Waals surface area contributed by atoms with E-state index in [9.17, 15) is 26.4 Å². The van der Waals surface area contributed by atoms with Crippen LogP contribution in [-0.4, -0.2) is 51.2 Å². The summed E-state index contributed by atoms with van der Waals surface area (Å²) in [6, 6.07) is 0. The number of hydrogen-bond acceptors (Lipinski definition) is 4. The fourth-order valence-corrected chi connectivity index (χ4v) is 2.01. The van der Waals surface area contributed by atoms with E-state index in [0.29, 0.717) is 0 Å². The number of halogens is 3. The van der Waals surface area contributed by atoms with Crippen molar-refractivity contribution in [3.05, 3.63) is 0 Å². The maximum absolute atomic E-state index is 11.6. The Labute approximate surface area is 102 Å². The molecule has 0 aromatic rings. The first-order chi connectivity index (χ1) is 8.12. The molecule has 0 amide bonds. The summed E-state index contributed by atoms with van der Waals surface area (Å²) in [6.07, 6.45) is -4.79. The molecule has 0 aromatic carbocycles. The van der Waals surface area contributed by atoms with Crippen LogP contribution in [0, 0.1) is 0 Å². The first-order valence-corrected chi connectivity index (χ1v) is 6.61. The van der Waals surface area contributed by atoms with Gasteiger partial charge in [0.25, 0.3) is 0 Å². The lowest BCUT2D eigenvalue weighted by Crippen LogP contribution is -2.31. The second kappa shape index (κ2) is 7.54. The van der Waals surface area contributed by atoms with Crippen LogP contribution in [0.15, 0.2) is 0 Å². The Morgan fingerprint density at radius 1 is 1.33 bits per heavy atom. The molecule has 2 N–H and O–H groups in total. The van der Waals surface area contributed by atoms with E-state index < -0.39 is 41.1 Å². The quantitative estimate of drug-likeness (QED) is 0.598. The number of alkyl halides is 3. The van der Waals surface area contributed by atoms with Gasteiger partial charge in [0, 0.05) is 13.0 Å². The maximum atomic E-state index is 11.6. The van der Waals surface area contributed by atoms with E-state index in [0.717, 1.165) is 0 Å². The zero-order chi connectivity index (χ0) is 14.2. The van der Waals surface area contributed by atoms with Gasteiger partial charge in [0.1, 0.15) is 6.61 Å². The van der Waals surface area contributed by atoms with Crippen molar-refractivity contribution in [1.29, 1.82) is 0 Å². The summed E-state index contributed by atoms with van der Waals surface area (Å²) in [4.78, 5) is 10.1. The summed E-state index contributed by atoms with van der Waals surface area (Å²) in [6.45, 7) is -2.13. The molecular formula is C8H14F3NO5S. The van der Waals surface area contributed by atoms with E-state index in [1.54, 1.807) is 0 Å². The fraction of sp³-hybridized carbons (Fsp3) is 0.875. The van der Waals surface area contributed by atoms with Gasteiger partial charge in [-0.3, -0.25) is 4.79 Å². The predicted octanol–water partition coefficient (Wildman–Crippen LogP) is 0.349. The van der Waals surface area contributed by atoms with Crippen LogP contribution in [0.25, 0.3) is 0 Å². The van der Waals surface area contributed by atoms with E-state index in [1.165, 1.54) is 0 Å². The van der Waals surface area contributed by atoms with E-state index in [-0.39, 0.29) is 19.4 Å². The highest BCUT2D eigenvalue weighted by Crippen LogP contribution is 2.13. The number of carbonyl (C=O) groups is 1. The molecule has 6 nitrogen and oxygen atoms in total. The van der Waals surface area contributed by atoms with Crippen LogP contribution >= 0.6 is 0 Å². The molecule has 0 saturated heterocycles. The van der Waals surface area contributed by atoms with E-state index in [4.69, 9.17) is 5.11 Å². The number of aliphatic carboxylic acids is 1. The van der Waals surface area contributed by atoms with Crippen molar-refractivity contribution < 1.29 is 36.2 Å². The van der Waals surface area contributed by atoms with Gasteiger partial charge in [-0.25, -0.2) is 13.1 Å². The molecule has 0 heterocycles.